The molecule has 0 radical (unpaired) electrons. The van der Waals surface area contributed by atoms with E-state index in [4.69, 9.17) is 19.3 Å². The summed E-state index contributed by atoms with van der Waals surface area (Å²) in [6, 6.07) is 0. The van der Waals surface area contributed by atoms with Crippen molar-refractivity contribution in [2.24, 2.45) is 0 Å². The zero-order chi connectivity index (χ0) is 10.8. The van der Waals surface area contributed by atoms with Crippen LogP contribution < -0.4 is 0 Å². The minimum atomic E-state index is -0.954. The zero-order valence-electron chi connectivity index (χ0n) is 8.69. The maximum atomic E-state index is 10.3. The third kappa shape index (κ3) is 7.97. The maximum absolute atomic E-state index is 10.3. The van der Waals surface area contributed by atoms with Crippen molar-refractivity contribution in [1.82, 2.24) is 0 Å². The number of ether oxygens (including phenoxy) is 3. The van der Waals surface area contributed by atoms with Gasteiger partial charge in [-0.15, -0.1) is 0 Å². The quantitative estimate of drug-likeness (QED) is 0.557. The normalized spacial score (nSPS) is 12.7. The summed E-state index contributed by atoms with van der Waals surface area (Å²) in [5.74, 6) is -0.954. The summed E-state index contributed by atoms with van der Waals surface area (Å²) in [6.07, 6.45) is 0.0721. The molecule has 0 aromatic rings. The predicted octanol–water partition coefficient (Wildman–Crippen LogP) is 0.529. The Morgan fingerprint density at radius 2 is 2.00 bits per heavy atom. The predicted molar refractivity (Wildman–Crippen MR) is 50.4 cm³/mol. The number of carbonyl (C=O) groups is 1. The molecular weight excluding hydrogens is 188 g/mol. The van der Waals surface area contributed by atoms with E-state index in [0.29, 0.717) is 26.4 Å². The highest BCUT2D eigenvalue weighted by atomic mass is 16.5. The van der Waals surface area contributed by atoms with Crippen LogP contribution in [-0.2, 0) is 19.0 Å². The summed E-state index contributed by atoms with van der Waals surface area (Å²) in [6.45, 7) is 3.50. The van der Waals surface area contributed by atoms with Crippen LogP contribution in [0.4, 0.5) is 0 Å². The molecule has 0 spiro atoms. The van der Waals surface area contributed by atoms with Crippen LogP contribution in [0.5, 0.6) is 0 Å². The van der Waals surface area contributed by atoms with Crippen molar-refractivity contribution < 1.29 is 24.1 Å². The molecule has 0 aliphatic heterocycles. The van der Waals surface area contributed by atoms with Gasteiger partial charge in [0.15, 0.2) is 6.10 Å². The Balaban J connectivity index is 3.09. The Kier molecular flexibility index (Phi) is 8.51. The second kappa shape index (κ2) is 8.93. The molecule has 0 amide bonds. The number of hydrogen-bond donors (Lipinski definition) is 1. The topological polar surface area (TPSA) is 65.0 Å². The summed E-state index contributed by atoms with van der Waals surface area (Å²) in [5, 5.41) is 8.47. The summed E-state index contributed by atoms with van der Waals surface area (Å²) >= 11 is 0. The average molecular weight is 206 g/mol. The van der Waals surface area contributed by atoms with E-state index >= 15 is 0 Å². The van der Waals surface area contributed by atoms with E-state index in [-0.39, 0.29) is 0 Å². The van der Waals surface area contributed by atoms with Crippen molar-refractivity contribution in [3.8, 4) is 0 Å². The van der Waals surface area contributed by atoms with Crippen LogP contribution in [0.2, 0.25) is 0 Å². The number of aliphatic carboxylic acids is 1. The lowest BCUT2D eigenvalue weighted by Gasteiger charge is -2.08. The van der Waals surface area contributed by atoms with E-state index in [0.717, 1.165) is 6.42 Å². The Bertz CT molecular complexity index is 148. The van der Waals surface area contributed by atoms with Gasteiger partial charge in [-0.3, -0.25) is 0 Å². The molecule has 1 atom stereocenters. The second-order valence-electron chi connectivity index (χ2n) is 2.81. The minimum Gasteiger partial charge on any atom is -0.479 e. The summed E-state index contributed by atoms with van der Waals surface area (Å²) in [5.41, 5.74) is 0. The fraction of sp³-hybridized carbons (Fsp3) is 0.889. The van der Waals surface area contributed by atoms with Gasteiger partial charge in [0.1, 0.15) is 0 Å². The van der Waals surface area contributed by atoms with Crippen LogP contribution >= 0.6 is 0 Å². The van der Waals surface area contributed by atoms with Gasteiger partial charge in [0.25, 0.3) is 0 Å². The number of hydrogen-bond acceptors (Lipinski definition) is 4. The van der Waals surface area contributed by atoms with Gasteiger partial charge in [-0.05, 0) is 13.3 Å². The van der Waals surface area contributed by atoms with E-state index in [1.54, 1.807) is 7.11 Å². The van der Waals surface area contributed by atoms with Crippen LogP contribution in [0, 0.1) is 0 Å². The van der Waals surface area contributed by atoms with Crippen molar-refractivity contribution in [2.45, 2.75) is 19.4 Å². The molecule has 0 fully saturated rings. The van der Waals surface area contributed by atoms with E-state index in [2.05, 4.69) is 0 Å². The molecule has 0 aliphatic rings. The van der Waals surface area contributed by atoms with Crippen LogP contribution in [0.1, 0.15) is 13.3 Å². The lowest BCUT2D eigenvalue weighted by atomic mass is 10.4. The molecule has 14 heavy (non-hydrogen) atoms. The van der Waals surface area contributed by atoms with E-state index in [9.17, 15) is 4.79 Å². The largest absolute Gasteiger partial charge is 0.479 e. The van der Waals surface area contributed by atoms with Gasteiger partial charge in [-0.2, -0.15) is 0 Å². The fourth-order valence-corrected chi connectivity index (χ4v) is 0.762. The molecule has 0 aromatic carbocycles. The van der Waals surface area contributed by atoms with Gasteiger partial charge in [0, 0.05) is 20.3 Å². The van der Waals surface area contributed by atoms with Crippen LogP contribution in [0.15, 0.2) is 0 Å². The first-order valence-corrected chi connectivity index (χ1v) is 4.59. The SMILES string of the molecule is COCCCOCCOC(C)C(=O)O. The van der Waals surface area contributed by atoms with Crippen molar-refractivity contribution in [3.05, 3.63) is 0 Å². The smallest absolute Gasteiger partial charge is 0.332 e. The van der Waals surface area contributed by atoms with Gasteiger partial charge >= 0.3 is 5.97 Å². The van der Waals surface area contributed by atoms with Gasteiger partial charge < -0.3 is 19.3 Å². The van der Waals surface area contributed by atoms with E-state index in [1.807, 2.05) is 0 Å². The van der Waals surface area contributed by atoms with Gasteiger partial charge in [0.05, 0.1) is 13.2 Å². The van der Waals surface area contributed by atoms with Crippen molar-refractivity contribution in [1.29, 1.82) is 0 Å². The van der Waals surface area contributed by atoms with Gasteiger partial charge in [-0.25, -0.2) is 4.79 Å². The molecule has 0 bridgehead atoms. The van der Waals surface area contributed by atoms with E-state index < -0.39 is 12.1 Å². The van der Waals surface area contributed by atoms with Crippen molar-refractivity contribution >= 4 is 5.97 Å². The van der Waals surface area contributed by atoms with Gasteiger partial charge in [-0.1, -0.05) is 0 Å². The highest BCUT2D eigenvalue weighted by Gasteiger charge is 2.09. The standard InChI is InChI=1S/C9H18O5/c1-8(9(10)11)14-7-6-13-5-3-4-12-2/h8H,3-7H2,1-2H3,(H,10,11). The molecule has 0 saturated carbocycles. The highest BCUT2D eigenvalue weighted by molar-refractivity contribution is 5.71. The highest BCUT2D eigenvalue weighted by Crippen LogP contribution is 1.91. The molecule has 0 rings (SSSR count). The molecule has 0 aliphatic carbocycles. The fourth-order valence-electron chi connectivity index (χ4n) is 0.762. The maximum Gasteiger partial charge on any atom is 0.332 e. The molecular formula is C9H18O5. The average Bonchev–Trinajstić information content (AvgIpc) is 2.16. The Hall–Kier alpha value is -0.650. The number of rotatable bonds is 9. The Labute approximate surface area is 84.0 Å². The molecule has 1 N–H and O–H groups in total. The molecule has 84 valence electrons. The first-order chi connectivity index (χ1) is 6.68. The lowest BCUT2D eigenvalue weighted by Crippen LogP contribution is -2.22. The molecule has 5 nitrogen and oxygen atoms in total. The second-order valence-corrected chi connectivity index (χ2v) is 2.81. The molecule has 5 heteroatoms. The number of methoxy groups -OCH3 is 1. The minimum absolute atomic E-state index is 0.306. The van der Waals surface area contributed by atoms with Crippen molar-refractivity contribution in [3.63, 3.8) is 0 Å². The van der Waals surface area contributed by atoms with Gasteiger partial charge in [0.2, 0.25) is 0 Å². The Morgan fingerprint density at radius 3 is 2.57 bits per heavy atom. The number of carboxylic acid groups (broad SMARTS) is 1. The third-order valence-corrected chi connectivity index (χ3v) is 1.58. The summed E-state index contributed by atoms with van der Waals surface area (Å²) in [7, 11) is 1.64. The first-order valence-electron chi connectivity index (χ1n) is 4.59. The molecule has 0 heterocycles. The molecule has 0 aromatic heterocycles. The zero-order valence-corrected chi connectivity index (χ0v) is 8.69. The lowest BCUT2D eigenvalue weighted by molar-refractivity contribution is -0.150. The van der Waals surface area contributed by atoms with E-state index in [1.165, 1.54) is 6.92 Å². The molecule has 0 saturated heterocycles. The summed E-state index contributed by atoms with van der Waals surface area (Å²) < 4.78 is 15.0. The van der Waals surface area contributed by atoms with Crippen LogP contribution in [0.3, 0.4) is 0 Å². The Morgan fingerprint density at radius 1 is 1.29 bits per heavy atom. The molecule has 1 unspecified atom stereocenters. The number of carboxylic acids is 1. The van der Waals surface area contributed by atoms with Crippen LogP contribution in [-0.4, -0.2) is 50.7 Å². The van der Waals surface area contributed by atoms with Crippen LogP contribution in [0.25, 0.3) is 0 Å². The third-order valence-electron chi connectivity index (χ3n) is 1.58. The summed E-state index contributed by atoms with van der Waals surface area (Å²) in [4.78, 5) is 10.3. The monoisotopic (exact) mass is 206 g/mol. The van der Waals surface area contributed by atoms with Crippen molar-refractivity contribution in [2.75, 3.05) is 33.5 Å². The first kappa shape index (κ1) is 13.4.